The van der Waals surface area contributed by atoms with Crippen LogP contribution in [0.3, 0.4) is 0 Å². The van der Waals surface area contributed by atoms with Crippen molar-refractivity contribution in [2.24, 2.45) is 0 Å². The maximum Gasteiger partial charge on any atom is 0.229 e. The van der Waals surface area contributed by atoms with E-state index in [4.69, 9.17) is 0 Å². The first-order valence-corrected chi connectivity index (χ1v) is 8.67. The average molecular weight is 327 g/mol. The average Bonchev–Trinajstić information content (AvgIpc) is 2.50. The van der Waals surface area contributed by atoms with Crippen molar-refractivity contribution in [2.75, 3.05) is 28.6 Å². The molecule has 0 amide bonds. The Labute approximate surface area is 145 Å². The molecule has 5 nitrogen and oxygen atoms in total. The maximum absolute atomic E-state index is 4.56. The van der Waals surface area contributed by atoms with E-state index < -0.39 is 0 Å². The zero-order chi connectivity index (χ0) is 17.7. The minimum absolute atomic E-state index is 0.335. The molecule has 0 aliphatic carbocycles. The second kappa shape index (κ2) is 7.99. The molecule has 1 aromatic heterocycles. The molecular weight excluding hydrogens is 298 g/mol. The Hall–Kier alpha value is -2.30. The fourth-order valence-electron chi connectivity index (χ4n) is 2.69. The summed E-state index contributed by atoms with van der Waals surface area (Å²) in [7, 11) is 0. The summed E-state index contributed by atoms with van der Waals surface area (Å²) in [6.45, 7) is 14.7. The van der Waals surface area contributed by atoms with E-state index in [1.165, 1.54) is 11.3 Å². The van der Waals surface area contributed by atoms with Crippen molar-refractivity contribution in [2.45, 2.75) is 47.6 Å². The molecule has 1 aromatic carbocycles. The largest absolute Gasteiger partial charge is 0.372 e. The van der Waals surface area contributed by atoms with Gasteiger partial charge in [-0.25, -0.2) is 4.98 Å². The molecule has 2 N–H and O–H groups in total. The van der Waals surface area contributed by atoms with E-state index >= 15 is 0 Å². The molecule has 5 heteroatoms. The van der Waals surface area contributed by atoms with Gasteiger partial charge in [0.05, 0.1) is 0 Å². The topological polar surface area (TPSA) is 53.1 Å². The summed E-state index contributed by atoms with van der Waals surface area (Å²) in [5.41, 5.74) is 4.40. The lowest BCUT2D eigenvalue weighted by Gasteiger charge is -2.22. The van der Waals surface area contributed by atoms with Crippen molar-refractivity contribution in [3.63, 3.8) is 0 Å². The van der Waals surface area contributed by atoms with Crippen LogP contribution in [0.25, 0.3) is 0 Å². The van der Waals surface area contributed by atoms with Gasteiger partial charge in [0.25, 0.3) is 0 Å². The number of benzene rings is 1. The van der Waals surface area contributed by atoms with Gasteiger partial charge in [0.15, 0.2) is 0 Å². The molecule has 1 heterocycles. The third-order valence-corrected chi connectivity index (χ3v) is 3.88. The van der Waals surface area contributed by atoms with Gasteiger partial charge >= 0.3 is 0 Å². The first-order valence-electron chi connectivity index (χ1n) is 8.67. The fourth-order valence-corrected chi connectivity index (χ4v) is 2.69. The summed E-state index contributed by atoms with van der Waals surface area (Å²) in [5, 5.41) is 6.68. The van der Waals surface area contributed by atoms with E-state index in [2.05, 4.69) is 78.3 Å². The van der Waals surface area contributed by atoms with Crippen LogP contribution in [0.15, 0.2) is 24.3 Å². The van der Waals surface area contributed by atoms with Gasteiger partial charge in [-0.1, -0.05) is 0 Å². The van der Waals surface area contributed by atoms with Crippen LogP contribution >= 0.6 is 0 Å². The third-order valence-electron chi connectivity index (χ3n) is 3.88. The van der Waals surface area contributed by atoms with Crippen molar-refractivity contribution in [3.8, 4) is 0 Å². The second-order valence-corrected chi connectivity index (χ2v) is 6.31. The normalized spacial score (nSPS) is 10.8. The van der Waals surface area contributed by atoms with Gasteiger partial charge in [-0.05, 0) is 65.3 Å². The maximum atomic E-state index is 4.56. The van der Waals surface area contributed by atoms with Gasteiger partial charge in [0.1, 0.15) is 5.82 Å². The molecule has 24 heavy (non-hydrogen) atoms. The zero-order valence-corrected chi connectivity index (χ0v) is 15.6. The van der Waals surface area contributed by atoms with E-state index in [0.717, 1.165) is 30.3 Å². The van der Waals surface area contributed by atoms with Gasteiger partial charge in [0.2, 0.25) is 5.95 Å². The number of aryl methyl sites for hydroxylation is 2. The highest BCUT2D eigenvalue weighted by molar-refractivity contribution is 5.64. The highest BCUT2D eigenvalue weighted by Gasteiger charge is 2.08. The molecule has 2 rings (SSSR count). The number of hydrogen-bond acceptors (Lipinski definition) is 5. The summed E-state index contributed by atoms with van der Waals surface area (Å²) in [5.74, 6) is 1.47. The van der Waals surface area contributed by atoms with Gasteiger partial charge in [0, 0.05) is 42.3 Å². The molecule has 0 radical (unpaired) electrons. The molecule has 0 saturated carbocycles. The van der Waals surface area contributed by atoms with Crippen LogP contribution in [0, 0.1) is 13.8 Å². The molecule has 0 unspecified atom stereocenters. The number of anilines is 4. The molecule has 0 atom stereocenters. The second-order valence-electron chi connectivity index (χ2n) is 6.31. The fraction of sp³-hybridized carbons (Fsp3) is 0.474. The quantitative estimate of drug-likeness (QED) is 0.784. The first kappa shape index (κ1) is 18.0. The van der Waals surface area contributed by atoms with Crippen molar-refractivity contribution in [1.29, 1.82) is 0 Å². The predicted octanol–water partition coefficient (Wildman–Crippen LogP) is 4.50. The molecule has 0 fully saturated rings. The van der Waals surface area contributed by atoms with Gasteiger partial charge in [-0.15, -0.1) is 0 Å². The Morgan fingerprint density at radius 2 is 1.75 bits per heavy atom. The SMILES string of the molecule is CCN(CC)c1ccc(Nc2nc(C)cc(NC(C)C)n2)c(C)c1. The number of nitrogens with one attached hydrogen (secondary N) is 2. The van der Waals surface area contributed by atoms with E-state index in [-0.39, 0.29) is 0 Å². The first-order chi connectivity index (χ1) is 11.4. The van der Waals surface area contributed by atoms with E-state index in [1.54, 1.807) is 0 Å². The Balaban J connectivity index is 2.23. The smallest absolute Gasteiger partial charge is 0.229 e. The van der Waals surface area contributed by atoms with Gasteiger partial charge < -0.3 is 15.5 Å². The molecule has 0 saturated heterocycles. The molecule has 0 aliphatic rings. The lowest BCUT2D eigenvalue weighted by Crippen LogP contribution is -2.21. The summed E-state index contributed by atoms with van der Waals surface area (Å²) in [4.78, 5) is 11.4. The molecule has 2 aromatic rings. The monoisotopic (exact) mass is 327 g/mol. The zero-order valence-electron chi connectivity index (χ0n) is 15.6. The van der Waals surface area contributed by atoms with Crippen molar-refractivity contribution >= 4 is 23.1 Å². The minimum atomic E-state index is 0.335. The summed E-state index contributed by atoms with van der Waals surface area (Å²) >= 11 is 0. The molecule has 0 aliphatic heterocycles. The number of rotatable bonds is 7. The summed E-state index contributed by atoms with van der Waals surface area (Å²) < 4.78 is 0. The standard InChI is InChI=1S/C19H29N5/c1-7-24(8-2)16-9-10-17(14(5)11-16)22-19-21-15(6)12-18(23-19)20-13(3)4/h9-13H,7-8H2,1-6H3,(H2,20,21,22,23). The summed E-state index contributed by atoms with van der Waals surface area (Å²) in [6.07, 6.45) is 0. The number of hydrogen-bond donors (Lipinski definition) is 2. The highest BCUT2D eigenvalue weighted by atomic mass is 15.2. The van der Waals surface area contributed by atoms with E-state index in [0.29, 0.717) is 12.0 Å². The van der Waals surface area contributed by atoms with Crippen molar-refractivity contribution in [1.82, 2.24) is 9.97 Å². The Bertz CT molecular complexity index is 677. The van der Waals surface area contributed by atoms with Crippen LogP contribution in [0.2, 0.25) is 0 Å². The molecule has 0 spiro atoms. The number of aromatic nitrogens is 2. The van der Waals surface area contributed by atoms with Crippen molar-refractivity contribution in [3.05, 3.63) is 35.5 Å². The molecule has 0 bridgehead atoms. The summed E-state index contributed by atoms with van der Waals surface area (Å²) in [6, 6.07) is 8.75. The third kappa shape index (κ3) is 4.60. The van der Waals surface area contributed by atoms with Crippen molar-refractivity contribution < 1.29 is 0 Å². The van der Waals surface area contributed by atoms with Crippen LogP contribution in [-0.4, -0.2) is 29.1 Å². The van der Waals surface area contributed by atoms with Crippen LogP contribution in [0.5, 0.6) is 0 Å². The van der Waals surface area contributed by atoms with Crippen LogP contribution in [-0.2, 0) is 0 Å². The Morgan fingerprint density at radius 1 is 1.04 bits per heavy atom. The van der Waals surface area contributed by atoms with Crippen LogP contribution in [0.1, 0.15) is 39.0 Å². The lowest BCUT2D eigenvalue weighted by molar-refractivity contribution is 0.865. The lowest BCUT2D eigenvalue weighted by atomic mass is 10.1. The molecule has 130 valence electrons. The molecular formula is C19H29N5. The van der Waals surface area contributed by atoms with Gasteiger partial charge in [-0.3, -0.25) is 0 Å². The van der Waals surface area contributed by atoms with Gasteiger partial charge in [-0.2, -0.15) is 4.98 Å². The predicted molar refractivity (Wildman–Crippen MR) is 104 cm³/mol. The van der Waals surface area contributed by atoms with E-state index in [1.807, 2.05) is 13.0 Å². The Morgan fingerprint density at radius 3 is 2.33 bits per heavy atom. The van der Waals surface area contributed by atoms with Crippen LogP contribution < -0.4 is 15.5 Å². The van der Waals surface area contributed by atoms with Crippen LogP contribution in [0.4, 0.5) is 23.1 Å². The highest BCUT2D eigenvalue weighted by Crippen LogP contribution is 2.25. The minimum Gasteiger partial charge on any atom is -0.372 e. The Kier molecular flexibility index (Phi) is 6.01. The number of nitrogens with zero attached hydrogens (tertiary/aromatic N) is 3. The van der Waals surface area contributed by atoms with E-state index in [9.17, 15) is 0 Å².